The first-order valence-electron chi connectivity index (χ1n) is 7.76. The Kier molecular flexibility index (Phi) is 5.37. The third kappa shape index (κ3) is 4.59. The maximum atomic E-state index is 12.1. The van der Waals surface area contributed by atoms with Gasteiger partial charge in [0.2, 0.25) is 0 Å². The van der Waals surface area contributed by atoms with Crippen LogP contribution >= 0.6 is 0 Å². The van der Waals surface area contributed by atoms with Crippen molar-refractivity contribution in [2.45, 2.75) is 52.5 Å². The van der Waals surface area contributed by atoms with Gasteiger partial charge in [-0.25, -0.2) is 5.43 Å². The lowest BCUT2D eigenvalue weighted by molar-refractivity contribution is -0.121. The van der Waals surface area contributed by atoms with Crippen LogP contribution < -0.4 is 10.7 Å². The molecular weight excluding hydrogens is 262 g/mol. The minimum Gasteiger partial charge on any atom is -0.374 e. The van der Waals surface area contributed by atoms with Crippen molar-refractivity contribution < 1.29 is 4.79 Å². The minimum absolute atomic E-state index is 0.0956. The molecule has 1 amide bonds. The Bertz CT molecular complexity index is 525. The molecule has 2 rings (SSSR count). The highest BCUT2D eigenvalue weighted by Gasteiger charge is 2.17. The van der Waals surface area contributed by atoms with Crippen molar-refractivity contribution in [3.05, 3.63) is 29.8 Å². The van der Waals surface area contributed by atoms with Gasteiger partial charge in [0, 0.05) is 11.4 Å². The van der Waals surface area contributed by atoms with Crippen LogP contribution in [-0.2, 0) is 4.79 Å². The molecule has 1 saturated carbocycles. The van der Waals surface area contributed by atoms with Gasteiger partial charge in [-0.1, -0.05) is 25.5 Å². The summed E-state index contributed by atoms with van der Waals surface area (Å²) < 4.78 is 0. The summed E-state index contributed by atoms with van der Waals surface area (Å²) in [5.41, 5.74) is 5.95. The highest BCUT2D eigenvalue weighted by molar-refractivity contribution is 5.90. The molecule has 1 aliphatic rings. The molecule has 0 aliphatic heterocycles. The third-order valence-corrected chi connectivity index (χ3v) is 3.99. The van der Waals surface area contributed by atoms with E-state index in [1.165, 1.54) is 24.8 Å². The van der Waals surface area contributed by atoms with E-state index in [9.17, 15) is 4.79 Å². The van der Waals surface area contributed by atoms with Gasteiger partial charge < -0.3 is 5.32 Å². The minimum atomic E-state index is -0.310. The molecule has 4 nitrogen and oxygen atoms in total. The van der Waals surface area contributed by atoms with Gasteiger partial charge in [0.25, 0.3) is 5.91 Å². The molecule has 2 N–H and O–H groups in total. The second-order valence-electron chi connectivity index (χ2n) is 5.96. The normalized spacial score (nSPS) is 21.9. The number of carbonyl (C=O) groups is 1. The van der Waals surface area contributed by atoms with Crippen LogP contribution in [0.2, 0.25) is 0 Å². The van der Waals surface area contributed by atoms with E-state index in [0.29, 0.717) is 5.92 Å². The van der Waals surface area contributed by atoms with Gasteiger partial charge in [0.15, 0.2) is 0 Å². The SMILES string of the molecule is Cc1cccc(N[C@H](C)C(=O)N/N=C2/CCCC[C@@H]2C)c1. The molecule has 0 bridgehead atoms. The number of hydrogen-bond donors (Lipinski definition) is 2. The molecule has 21 heavy (non-hydrogen) atoms. The molecule has 1 aromatic rings. The molecule has 0 saturated heterocycles. The quantitative estimate of drug-likeness (QED) is 0.833. The summed E-state index contributed by atoms with van der Waals surface area (Å²) in [6, 6.07) is 7.69. The third-order valence-electron chi connectivity index (χ3n) is 3.99. The molecular formula is C17H25N3O. The van der Waals surface area contributed by atoms with Crippen molar-refractivity contribution in [3.8, 4) is 0 Å². The Morgan fingerprint density at radius 3 is 2.90 bits per heavy atom. The topological polar surface area (TPSA) is 53.5 Å². The summed E-state index contributed by atoms with van der Waals surface area (Å²) in [6.07, 6.45) is 4.61. The molecule has 1 aliphatic carbocycles. The number of rotatable bonds is 4. The summed E-state index contributed by atoms with van der Waals surface area (Å²) >= 11 is 0. The van der Waals surface area contributed by atoms with Crippen molar-refractivity contribution in [3.63, 3.8) is 0 Å². The number of carbonyl (C=O) groups excluding carboxylic acids is 1. The Morgan fingerprint density at radius 1 is 1.38 bits per heavy atom. The Labute approximate surface area is 127 Å². The zero-order valence-electron chi connectivity index (χ0n) is 13.1. The fourth-order valence-electron chi connectivity index (χ4n) is 2.61. The van der Waals surface area contributed by atoms with Crippen molar-refractivity contribution in [2.24, 2.45) is 11.0 Å². The predicted octanol–water partition coefficient (Wildman–Crippen LogP) is 3.48. The number of benzene rings is 1. The van der Waals surface area contributed by atoms with Gasteiger partial charge in [0.1, 0.15) is 6.04 Å². The van der Waals surface area contributed by atoms with Gasteiger partial charge in [-0.05, 0) is 56.7 Å². The lowest BCUT2D eigenvalue weighted by Gasteiger charge is -2.20. The van der Waals surface area contributed by atoms with Gasteiger partial charge >= 0.3 is 0 Å². The van der Waals surface area contributed by atoms with E-state index >= 15 is 0 Å². The maximum Gasteiger partial charge on any atom is 0.262 e. The Hall–Kier alpha value is -1.84. The van der Waals surface area contributed by atoms with Gasteiger partial charge in [-0.15, -0.1) is 0 Å². The van der Waals surface area contributed by atoms with Crippen molar-refractivity contribution in [1.82, 2.24) is 5.43 Å². The highest BCUT2D eigenvalue weighted by atomic mass is 16.2. The van der Waals surface area contributed by atoms with E-state index < -0.39 is 0 Å². The van der Waals surface area contributed by atoms with E-state index in [0.717, 1.165) is 17.8 Å². The molecule has 0 radical (unpaired) electrons. The van der Waals surface area contributed by atoms with Gasteiger partial charge in [0.05, 0.1) is 0 Å². The first kappa shape index (κ1) is 15.5. The maximum absolute atomic E-state index is 12.1. The Morgan fingerprint density at radius 2 is 2.19 bits per heavy atom. The summed E-state index contributed by atoms with van der Waals surface area (Å²) in [7, 11) is 0. The molecule has 0 aromatic heterocycles. The molecule has 1 fully saturated rings. The first-order valence-corrected chi connectivity index (χ1v) is 7.76. The molecule has 0 heterocycles. The van der Waals surface area contributed by atoms with Crippen molar-refractivity contribution in [1.29, 1.82) is 0 Å². The lowest BCUT2D eigenvalue weighted by atomic mass is 9.89. The van der Waals surface area contributed by atoms with Crippen LogP contribution in [0.15, 0.2) is 29.4 Å². The standard InChI is InChI=1S/C17H25N3O/c1-12-7-6-9-15(11-12)18-14(3)17(21)20-19-16-10-5-4-8-13(16)2/h6-7,9,11,13-14,18H,4-5,8,10H2,1-3H3,(H,20,21)/b19-16-/t13-,14+/m0/s1. The van der Waals surface area contributed by atoms with Crippen LogP contribution in [0.25, 0.3) is 0 Å². The predicted molar refractivity (Wildman–Crippen MR) is 87.5 cm³/mol. The van der Waals surface area contributed by atoms with Crippen molar-refractivity contribution in [2.75, 3.05) is 5.32 Å². The number of nitrogens with one attached hydrogen (secondary N) is 2. The molecule has 0 spiro atoms. The number of amides is 1. The highest BCUT2D eigenvalue weighted by Crippen LogP contribution is 2.20. The zero-order chi connectivity index (χ0) is 15.2. The van der Waals surface area contributed by atoms with E-state index in [-0.39, 0.29) is 11.9 Å². The average molecular weight is 287 g/mol. The fraction of sp³-hybridized carbons (Fsp3) is 0.529. The second kappa shape index (κ2) is 7.25. The monoisotopic (exact) mass is 287 g/mol. The van der Waals surface area contributed by atoms with E-state index in [4.69, 9.17) is 0 Å². The second-order valence-corrected chi connectivity index (χ2v) is 5.96. The molecule has 0 unspecified atom stereocenters. The van der Waals surface area contributed by atoms with Crippen LogP contribution in [0, 0.1) is 12.8 Å². The zero-order valence-corrected chi connectivity index (χ0v) is 13.1. The van der Waals surface area contributed by atoms with Crippen LogP contribution in [-0.4, -0.2) is 17.7 Å². The molecule has 1 aromatic carbocycles. The molecule has 4 heteroatoms. The average Bonchev–Trinajstić information content (AvgIpc) is 2.46. The smallest absolute Gasteiger partial charge is 0.262 e. The van der Waals surface area contributed by atoms with Crippen LogP contribution in [0.3, 0.4) is 0 Å². The Balaban J connectivity index is 1.89. The number of hydrazone groups is 1. The van der Waals surface area contributed by atoms with E-state index in [1.54, 1.807) is 0 Å². The number of hydrogen-bond acceptors (Lipinski definition) is 3. The summed E-state index contributed by atoms with van der Waals surface area (Å²) in [6.45, 7) is 6.06. The van der Waals surface area contributed by atoms with E-state index in [1.807, 2.05) is 38.1 Å². The molecule has 2 atom stereocenters. The summed E-state index contributed by atoms with van der Waals surface area (Å²) in [5, 5.41) is 7.52. The number of aryl methyl sites for hydroxylation is 1. The number of nitrogens with zero attached hydrogens (tertiary/aromatic N) is 1. The lowest BCUT2D eigenvalue weighted by Crippen LogP contribution is -2.36. The largest absolute Gasteiger partial charge is 0.374 e. The first-order chi connectivity index (χ1) is 10.1. The van der Waals surface area contributed by atoms with Gasteiger partial charge in [-0.3, -0.25) is 4.79 Å². The summed E-state index contributed by atoms with van der Waals surface area (Å²) in [5.74, 6) is 0.390. The number of anilines is 1. The van der Waals surface area contributed by atoms with Gasteiger partial charge in [-0.2, -0.15) is 5.10 Å². The fourth-order valence-corrected chi connectivity index (χ4v) is 2.61. The van der Waals surface area contributed by atoms with Crippen LogP contribution in [0.5, 0.6) is 0 Å². The van der Waals surface area contributed by atoms with Crippen LogP contribution in [0.4, 0.5) is 5.69 Å². The molecule has 114 valence electrons. The summed E-state index contributed by atoms with van der Waals surface area (Å²) in [4.78, 5) is 12.1. The van der Waals surface area contributed by atoms with Crippen molar-refractivity contribution >= 4 is 17.3 Å². The van der Waals surface area contributed by atoms with Crippen LogP contribution in [0.1, 0.15) is 45.1 Å². The van der Waals surface area contributed by atoms with E-state index in [2.05, 4.69) is 22.8 Å².